The Morgan fingerprint density at radius 2 is 1.36 bits per heavy atom. The first-order valence-electron chi connectivity index (χ1n) is 7.39. The average Bonchev–Trinajstić information content (AvgIpc) is 2.57. The number of ether oxygens (including phenoxy) is 2. The normalized spacial score (nSPS) is 11.2. The molecule has 2 N–H and O–H groups in total. The van der Waals surface area contributed by atoms with Crippen LogP contribution in [0.4, 0.5) is 18.9 Å². The number of para-hydroxylation sites is 1. The van der Waals surface area contributed by atoms with E-state index in [9.17, 15) is 13.2 Å². The molecule has 0 amide bonds. The summed E-state index contributed by atoms with van der Waals surface area (Å²) in [6, 6.07) is 20.0. The smallest absolute Gasteiger partial charge is 0.455 e. The van der Waals surface area contributed by atoms with Crippen molar-refractivity contribution >= 4 is 5.69 Å². The highest BCUT2D eigenvalue weighted by atomic mass is 19.4. The summed E-state index contributed by atoms with van der Waals surface area (Å²) in [6.07, 6.45) is -4.71. The molecule has 0 aliphatic carbocycles. The summed E-state index contributed by atoms with van der Waals surface area (Å²) < 4.78 is 46.3. The topological polar surface area (TPSA) is 44.5 Å². The summed E-state index contributed by atoms with van der Waals surface area (Å²) in [7, 11) is 0. The van der Waals surface area contributed by atoms with Crippen LogP contribution >= 0.6 is 0 Å². The molecule has 0 saturated heterocycles. The molecule has 25 heavy (non-hydrogen) atoms. The lowest BCUT2D eigenvalue weighted by molar-refractivity contribution is -0.274. The lowest BCUT2D eigenvalue weighted by atomic mass is 10.0. The highest BCUT2D eigenvalue weighted by molar-refractivity contribution is 5.70. The second-order valence-corrected chi connectivity index (χ2v) is 5.24. The van der Waals surface area contributed by atoms with E-state index >= 15 is 0 Å². The van der Waals surface area contributed by atoms with Crippen molar-refractivity contribution in [2.24, 2.45) is 0 Å². The van der Waals surface area contributed by atoms with E-state index in [0.717, 1.165) is 5.56 Å². The summed E-state index contributed by atoms with van der Waals surface area (Å²) >= 11 is 0. The first-order valence-corrected chi connectivity index (χ1v) is 7.39. The fourth-order valence-electron chi connectivity index (χ4n) is 2.27. The Labute approximate surface area is 142 Å². The first-order chi connectivity index (χ1) is 11.9. The van der Waals surface area contributed by atoms with E-state index in [1.165, 1.54) is 12.1 Å². The van der Waals surface area contributed by atoms with Gasteiger partial charge in [0.2, 0.25) is 0 Å². The third-order valence-corrected chi connectivity index (χ3v) is 3.41. The van der Waals surface area contributed by atoms with Crippen LogP contribution in [0, 0.1) is 0 Å². The monoisotopic (exact) mass is 345 g/mol. The number of nitrogens with two attached hydrogens (primary N) is 1. The number of hydrogen-bond donors (Lipinski definition) is 1. The molecule has 0 unspecified atom stereocenters. The molecule has 0 aliphatic heterocycles. The molecule has 0 saturated carbocycles. The van der Waals surface area contributed by atoms with Crippen LogP contribution in [0.5, 0.6) is 17.2 Å². The van der Waals surface area contributed by atoms with Gasteiger partial charge < -0.3 is 15.2 Å². The van der Waals surface area contributed by atoms with Gasteiger partial charge in [0.05, 0.1) is 5.69 Å². The zero-order valence-electron chi connectivity index (χ0n) is 13.0. The molecule has 3 aromatic rings. The molecule has 0 heterocycles. The number of hydrogen-bond acceptors (Lipinski definition) is 3. The van der Waals surface area contributed by atoms with Crippen molar-refractivity contribution in [2.75, 3.05) is 5.73 Å². The molecule has 0 bridgehead atoms. The third kappa shape index (κ3) is 4.44. The van der Waals surface area contributed by atoms with Crippen molar-refractivity contribution in [1.82, 2.24) is 0 Å². The van der Waals surface area contributed by atoms with E-state index in [-0.39, 0.29) is 5.75 Å². The lowest BCUT2D eigenvalue weighted by Crippen LogP contribution is -2.16. The minimum Gasteiger partial charge on any atom is -0.455 e. The van der Waals surface area contributed by atoms with Gasteiger partial charge in [-0.2, -0.15) is 0 Å². The van der Waals surface area contributed by atoms with Gasteiger partial charge >= 0.3 is 6.36 Å². The highest BCUT2D eigenvalue weighted by Gasteiger charge is 2.30. The minimum atomic E-state index is -4.71. The fraction of sp³-hybridized carbons (Fsp3) is 0.0526. The van der Waals surface area contributed by atoms with Gasteiger partial charge in [0.1, 0.15) is 11.5 Å². The van der Waals surface area contributed by atoms with Crippen molar-refractivity contribution in [3.8, 4) is 28.4 Å². The van der Waals surface area contributed by atoms with E-state index in [1.807, 2.05) is 18.2 Å². The Morgan fingerprint density at radius 3 is 2.00 bits per heavy atom. The van der Waals surface area contributed by atoms with E-state index < -0.39 is 6.36 Å². The summed E-state index contributed by atoms with van der Waals surface area (Å²) in [5.74, 6) is 0.840. The van der Waals surface area contributed by atoms with Gasteiger partial charge in [-0.3, -0.25) is 0 Å². The van der Waals surface area contributed by atoms with Crippen LogP contribution in [-0.4, -0.2) is 6.36 Å². The zero-order valence-corrected chi connectivity index (χ0v) is 13.0. The van der Waals surface area contributed by atoms with Gasteiger partial charge in [0.25, 0.3) is 0 Å². The summed E-state index contributed by atoms with van der Waals surface area (Å²) in [5.41, 5.74) is 7.88. The van der Waals surface area contributed by atoms with Crippen LogP contribution in [0.25, 0.3) is 11.1 Å². The molecule has 3 nitrogen and oxygen atoms in total. The summed E-state index contributed by atoms with van der Waals surface area (Å²) in [4.78, 5) is 0. The van der Waals surface area contributed by atoms with Gasteiger partial charge in [0, 0.05) is 0 Å². The standard InChI is InChI=1S/C19H14F3NO2/c20-19(21,22)25-16-9-6-13(7-10-16)14-8-11-17(23)18(12-14)24-15-4-2-1-3-5-15/h1-12H,23H2. The van der Waals surface area contributed by atoms with Crippen molar-refractivity contribution < 1.29 is 22.6 Å². The Bertz CT molecular complexity index is 847. The van der Waals surface area contributed by atoms with Crippen LogP contribution in [-0.2, 0) is 0 Å². The second kappa shape index (κ2) is 6.76. The summed E-state index contributed by atoms with van der Waals surface area (Å²) in [6.45, 7) is 0. The van der Waals surface area contributed by atoms with Crippen LogP contribution in [0.3, 0.4) is 0 Å². The molecule has 0 atom stereocenters. The maximum atomic E-state index is 12.2. The number of rotatable bonds is 4. The van der Waals surface area contributed by atoms with Crippen LogP contribution in [0.1, 0.15) is 0 Å². The van der Waals surface area contributed by atoms with Crippen molar-refractivity contribution in [3.63, 3.8) is 0 Å². The number of alkyl halides is 3. The lowest BCUT2D eigenvalue weighted by Gasteiger charge is -2.12. The Hall–Kier alpha value is -3.15. The molecule has 0 aliphatic rings. The quantitative estimate of drug-likeness (QED) is 0.624. The van der Waals surface area contributed by atoms with E-state index in [0.29, 0.717) is 22.7 Å². The molecular weight excluding hydrogens is 331 g/mol. The molecule has 0 aromatic heterocycles. The predicted octanol–water partition coefficient (Wildman–Crippen LogP) is 5.63. The first kappa shape index (κ1) is 16.7. The van der Waals surface area contributed by atoms with Gasteiger partial charge in [0.15, 0.2) is 5.75 Å². The van der Waals surface area contributed by atoms with E-state index in [1.54, 1.807) is 42.5 Å². The van der Waals surface area contributed by atoms with Gasteiger partial charge in [-0.1, -0.05) is 36.4 Å². The van der Waals surface area contributed by atoms with Crippen LogP contribution in [0.15, 0.2) is 72.8 Å². The van der Waals surface area contributed by atoms with Crippen molar-refractivity contribution in [3.05, 3.63) is 72.8 Å². The zero-order chi connectivity index (χ0) is 17.9. The molecular formula is C19H14F3NO2. The maximum absolute atomic E-state index is 12.2. The molecule has 0 spiro atoms. The van der Waals surface area contributed by atoms with Crippen LogP contribution < -0.4 is 15.2 Å². The van der Waals surface area contributed by atoms with E-state index in [4.69, 9.17) is 10.5 Å². The number of benzene rings is 3. The molecule has 3 rings (SSSR count). The second-order valence-electron chi connectivity index (χ2n) is 5.24. The minimum absolute atomic E-state index is 0.271. The van der Waals surface area contributed by atoms with E-state index in [2.05, 4.69) is 4.74 Å². The Balaban J connectivity index is 1.84. The SMILES string of the molecule is Nc1ccc(-c2ccc(OC(F)(F)F)cc2)cc1Oc1ccccc1. The average molecular weight is 345 g/mol. The number of nitrogen functional groups attached to an aromatic ring is 1. The molecule has 128 valence electrons. The largest absolute Gasteiger partial charge is 0.573 e. The third-order valence-electron chi connectivity index (χ3n) is 3.41. The molecule has 3 aromatic carbocycles. The molecule has 6 heteroatoms. The Kier molecular flexibility index (Phi) is 4.52. The van der Waals surface area contributed by atoms with Crippen molar-refractivity contribution in [2.45, 2.75) is 6.36 Å². The number of anilines is 1. The number of halogens is 3. The summed E-state index contributed by atoms with van der Waals surface area (Å²) in [5, 5.41) is 0. The molecule has 0 radical (unpaired) electrons. The van der Waals surface area contributed by atoms with Gasteiger partial charge in [-0.15, -0.1) is 13.2 Å². The predicted molar refractivity (Wildman–Crippen MR) is 89.5 cm³/mol. The van der Waals surface area contributed by atoms with Crippen LogP contribution in [0.2, 0.25) is 0 Å². The van der Waals surface area contributed by atoms with Gasteiger partial charge in [-0.05, 0) is 47.5 Å². The Morgan fingerprint density at radius 1 is 0.720 bits per heavy atom. The fourth-order valence-corrected chi connectivity index (χ4v) is 2.27. The molecule has 0 fully saturated rings. The highest BCUT2D eigenvalue weighted by Crippen LogP contribution is 2.33. The van der Waals surface area contributed by atoms with Gasteiger partial charge in [-0.25, -0.2) is 0 Å². The van der Waals surface area contributed by atoms with Crippen molar-refractivity contribution in [1.29, 1.82) is 0 Å². The maximum Gasteiger partial charge on any atom is 0.573 e.